The van der Waals surface area contributed by atoms with Crippen LogP contribution in [0.15, 0.2) is 73.1 Å². The summed E-state index contributed by atoms with van der Waals surface area (Å²) in [5.41, 5.74) is 1.90. The molecule has 0 spiro atoms. The first kappa shape index (κ1) is 20.5. The number of nitriles is 1. The molecule has 9 heteroatoms. The average molecular weight is 563 g/mol. The predicted octanol–water partition coefficient (Wildman–Crippen LogP) is 6.11. The van der Waals surface area contributed by atoms with Crippen molar-refractivity contribution in [1.82, 2.24) is 14.9 Å². The molecule has 8 nitrogen and oxygen atoms in total. The molecule has 40 heavy (non-hydrogen) atoms. The molecule has 0 aliphatic heterocycles. The van der Waals surface area contributed by atoms with Crippen LogP contribution in [0.25, 0.3) is 10.9 Å². The molecule has 0 saturated carbocycles. The third-order valence-corrected chi connectivity index (χ3v) is 5.90. The molecule has 0 aliphatic rings. The number of pyridine rings is 2. The number of nitrogens with one attached hydrogen (secondary N) is 1. The van der Waals surface area contributed by atoms with E-state index >= 15 is 0 Å². The summed E-state index contributed by atoms with van der Waals surface area (Å²) in [6.07, 6.45) is 4.66. The van der Waals surface area contributed by atoms with Gasteiger partial charge in [-0.05, 0) is 63.4 Å². The Balaban J connectivity index is 1.74. The second-order valence-corrected chi connectivity index (χ2v) is 9.13. The Morgan fingerprint density at radius 1 is 1.20 bits per heavy atom. The van der Waals surface area contributed by atoms with Crippen molar-refractivity contribution in [1.29, 1.82) is 5.26 Å². The number of ketones is 1. The highest BCUT2D eigenvalue weighted by molar-refractivity contribution is 6.32. The Kier molecular flexibility index (Phi) is 6.93. The van der Waals surface area contributed by atoms with Crippen molar-refractivity contribution in [3.05, 3.63) is 94.9 Å². The van der Waals surface area contributed by atoms with E-state index in [0.717, 1.165) is 12.2 Å². The fourth-order valence-corrected chi connectivity index (χ4v) is 4.01. The zero-order chi connectivity index (χ0) is 34.6. The van der Waals surface area contributed by atoms with Gasteiger partial charge in [0, 0.05) is 54.9 Å². The van der Waals surface area contributed by atoms with Gasteiger partial charge in [0.1, 0.15) is 24.2 Å². The van der Waals surface area contributed by atoms with Gasteiger partial charge in [0.25, 0.3) is 0 Å². The SMILES string of the molecule is [2H]C([2H])(/C=C/C(=O)Cc1cc2c(Nc3ccc(OCc4ccccn4)c(Cl)c3)c(C#N)cnc2cc1OC([2H])([2H])C([2H])([2H])[2H])N(C)C. The predicted molar refractivity (Wildman–Crippen MR) is 157 cm³/mol. The van der Waals surface area contributed by atoms with Gasteiger partial charge in [-0.1, -0.05) is 23.7 Å². The smallest absolute Gasteiger partial charge is 0.159 e. The highest BCUT2D eigenvalue weighted by Gasteiger charge is 2.16. The normalized spacial score (nSPS) is 14.7. The van der Waals surface area contributed by atoms with Crippen LogP contribution in [-0.2, 0) is 17.8 Å². The van der Waals surface area contributed by atoms with Gasteiger partial charge in [-0.3, -0.25) is 14.8 Å². The van der Waals surface area contributed by atoms with Gasteiger partial charge in [-0.15, -0.1) is 0 Å². The van der Waals surface area contributed by atoms with Crippen LogP contribution in [0.2, 0.25) is 5.02 Å². The quantitative estimate of drug-likeness (QED) is 0.207. The summed E-state index contributed by atoms with van der Waals surface area (Å²) in [6, 6.07) is 15.2. The fourth-order valence-electron chi connectivity index (χ4n) is 3.77. The van der Waals surface area contributed by atoms with Crippen LogP contribution in [0.5, 0.6) is 11.5 Å². The van der Waals surface area contributed by atoms with Gasteiger partial charge in [0.2, 0.25) is 0 Å². The molecule has 0 amide bonds. The number of aromatic nitrogens is 2. The van der Waals surface area contributed by atoms with E-state index in [0.29, 0.717) is 22.5 Å². The Hall–Kier alpha value is -4.45. The molecule has 2 heterocycles. The van der Waals surface area contributed by atoms with Crippen molar-refractivity contribution in [2.45, 2.75) is 19.9 Å². The summed E-state index contributed by atoms with van der Waals surface area (Å²) in [7, 11) is 3.01. The molecule has 0 fully saturated rings. The third-order valence-electron chi connectivity index (χ3n) is 5.60. The molecule has 0 saturated heterocycles. The van der Waals surface area contributed by atoms with Gasteiger partial charge in [0.05, 0.1) is 36.8 Å². The number of carbonyl (C=O) groups excluding carboxylic acids is 1. The number of likely N-dealkylation sites (N-methyl/N-ethyl adjacent to an activating group) is 1. The maximum atomic E-state index is 13.0. The molecule has 0 aliphatic carbocycles. The van der Waals surface area contributed by atoms with Crippen molar-refractivity contribution in [3.63, 3.8) is 0 Å². The van der Waals surface area contributed by atoms with Gasteiger partial charge in [-0.25, -0.2) is 0 Å². The molecule has 4 aromatic rings. The number of rotatable bonds is 12. The van der Waals surface area contributed by atoms with E-state index in [1.165, 1.54) is 37.3 Å². The van der Waals surface area contributed by atoms with Crippen LogP contribution in [0.1, 0.15) is 33.3 Å². The molecule has 4 rings (SSSR count). The van der Waals surface area contributed by atoms with Crippen molar-refractivity contribution in [2.24, 2.45) is 0 Å². The largest absolute Gasteiger partial charge is 0.494 e. The molecule has 0 atom stereocenters. The number of nitrogens with zero attached hydrogens (tertiary/aromatic N) is 4. The number of benzene rings is 2. The van der Waals surface area contributed by atoms with E-state index in [4.69, 9.17) is 30.7 Å². The lowest BCUT2D eigenvalue weighted by molar-refractivity contribution is -0.114. The van der Waals surface area contributed by atoms with E-state index in [2.05, 4.69) is 21.4 Å². The summed E-state index contributed by atoms with van der Waals surface area (Å²) in [5.74, 6) is -0.418. The third kappa shape index (κ3) is 7.35. The fraction of sp³-hybridized carbons (Fsp3) is 0.226. The first-order valence-electron chi connectivity index (χ1n) is 15.5. The van der Waals surface area contributed by atoms with Crippen LogP contribution < -0.4 is 14.8 Å². The summed E-state index contributed by atoms with van der Waals surface area (Å²) >= 11 is 6.50. The second-order valence-electron chi connectivity index (χ2n) is 8.72. The Morgan fingerprint density at radius 3 is 2.80 bits per heavy atom. The molecule has 204 valence electrons. The maximum Gasteiger partial charge on any atom is 0.159 e. The number of halogens is 1. The van der Waals surface area contributed by atoms with Crippen LogP contribution in [0, 0.1) is 11.3 Å². The highest BCUT2D eigenvalue weighted by Crippen LogP contribution is 2.36. The number of hydrogen-bond donors (Lipinski definition) is 1. The molecule has 0 unspecified atom stereocenters. The molecule has 0 bridgehead atoms. The second kappa shape index (κ2) is 13.6. The van der Waals surface area contributed by atoms with Gasteiger partial charge in [-0.2, -0.15) is 5.26 Å². The lowest BCUT2D eigenvalue weighted by Crippen LogP contribution is -2.11. The molecular weight excluding hydrogens is 526 g/mol. The number of anilines is 2. The van der Waals surface area contributed by atoms with E-state index in [1.54, 1.807) is 30.5 Å². The zero-order valence-corrected chi connectivity index (χ0v) is 22.5. The topological polar surface area (TPSA) is 100 Å². The molecule has 1 N–H and O–H groups in total. The Bertz CT molecular complexity index is 1850. The first-order chi connectivity index (χ1) is 22.0. The summed E-state index contributed by atoms with van der Waals surface area (Å²) in [5, 5.41) is 13.7. The van der Waals surface area contributed by atoms with E-state index in [9.17, 15) is 10.1 Å². The van der Waals surface area contributed by atoms with Crippen molar-refractivity contribution in [3.8, 4) is 17.6 Å². The Labute approximate surface area is 248 Å². The van der Waals surface area contributed by atoms with E-state index in [-0.39, 0.29) is 39.7 Å². The van der Waals surface area contributed by atoms with E-state index in [1.807, 2.05) is 12.1 Å². The first-order valence-corrected chi connectivity index (χ1v) is 12.4. The monoisotopic (exact) mass is 562 g/mol. The van der Waals surface area contributed by atoms with Gasteiger partial charge in [0.15, 0.2) is 5.78 Å². The van der Waals surface area contributed by atoms with Gasteiger partial charge < -0.3 is 19.7 Å². The van der Waals surface area contributed by atoms with Crippen molar-refractivity contribution < 1.29 is 23.9 Å². The standard InChI is InChI=1S/C31H30ClN5O3/c1-4-39-30-17-28-26(15-21(30)14-25(38)9-7-13-37(2)3)31(22(18-33)19-35-28)36-23-10-11-29(27(32)16-23)40-20-24-8-5-6-12-34-24/h5-12,15-17,19H,4,13-14,20H2,1-3H3,(H,35,36)/b9-7+/i1D3,4D2,13D2. The zero-order valence-electron chi connectivity index (χ0n) is 28.7. The lowest BCUT2D eigenvalue weighted by atomic mass is 10.0. The minimum atomic E-state index is -3.16. The highest BCUT2D eigenvalue weighted by atomic mass is 35.5. The summed E-state index contributed by atoms with van der Waals surface area (Å²) in [6.45, 7) is -8.02. The lowest BCUT2D eigenvalue weighted by Gasteiger charge is -2.16. The van der Waals surface area contributed by atoms with Crippen molar-refractivity contribution in [2.75, 3.05) is 32.5 Å². The molecule has 2 aromatic carbocycles. The molecular formula is C31H30ClN5O3. The number of fused-ring (bicyclic) bond motifs is 1. The number of carbonyl (C=O) groups is 1. The number of allylic oxidation sites excluding steroid dienone is 1. The minimum Gasteiger partial charge on any atom is -0.494 e. The van der Waals surface area contributed by atoms with Crippen LogP contribution >= 0.6 is 11.6 Å². The summed E-state index contributed by atoms with van der Waals surface area (Å²) < 4.78 is 65.9. The molecule has 2 aromatic heterocycles. The van der Waals surface area contributed by atoms with E-state index < -0.39 is 32.1 Å². The van der Waals surface area contributed by atoms with Crippen LogP contribution in [-0.4, -0.2) is 47.8 Å². The number of ether oxygens (including phenoxy) is 2. The minimum absolute atomic E-state index is 0.0851. The summed E-state index contributed by atoms with van der Waals surface area (Å²) in [4.78, 5) is 22.8. The van der Waals surface area contributed by atoms with Crippen LogP contribution in [0.3, 0.4) is 0 Å². The average Bonchev–Trinajstić information content (AvgIpc) is 3.00. The molecule has 0 radical (unpaired) electrons. The van der Waals surface area contributed by atoms with Crippen LogP contribution in [0.4, 0.5) is 11.4 Å². The van der Waals surface area contributed by atoms with Crippen molar-refractivity contribution >= 4 is 39.7 Å². The van der Waals surface area contributed by atoms with Gasteiger partial charge >= 0.3 is 0 Å². The Morgan fingerprint density at radius 2 is 2.08 bits per heavy atom. The maximum absolute atomic E-state index is 13.0. The number of hydrogen-bond acceptors (Lipinski definition) is 8.